The molecule has 1 saturated heterocycles. The first-order valence-corrected chi connectivity index (χ1v) is 9.62. The van der Waals surface area contributed by atoms with Crippen molar-refractivity contribution >= 4 is 10.2 Å². The molecule has 1 aliphatic heterocycles. The van der Waals surface area contributed by atoms with Gasteiger partial charge in [-0.1, -0.05) is 6.92 Å². The van der Waals surface area contributed by atoms with Crippen LogP contribution >= 0.6 is 0 Å². The Morgan fingerprint density at radius 1 is 1.29 bits per heavy atom. The summed E-state index contributed by atoms with van der Waals surface area (Å²) in [6, 6.07) is 0.694. The van der Waals surface area contributed by atoms with E-state index in [4.69, 9.17) is 0 Å². The van der Waals surface area contributed by atoms with Crippen molar-refractivity contribution in [3.8, 4) is 0 Å². The van der Waals surface area contributed by atoms with Crippen molar-refractivity contribution < 1.29 is 8.42 Å². The van der Waals surface area contributed by atoms with Crippen LogP contribution in [0.25, 0.3) is 0 Å². The van der Waals surface area contributed by atoms with Gasteiger partial charge in [0.2, 0.25) is 0 Å². The second-order valence-electron chi connectivity index (χ2n) is 6.34. The van der Waals surface area contributed by atoms with E-state index in [-0.39, 0.29) is 0 Å². The topological polar surface area (TPSA) is 64.7 Å². The maximum absolute atomic E-state index is 12.3. The molecule has 0 amide bonds. The Morgan fingerprint density at radius 3 is 2.71 bits per heavy atom. The van der Waals surface area contributed by atoms with Crippen LogP contribution in [0, 0.1) is 5.92 Å². The van der Waals surface area contributed by atoms with Gasteiger partial charge in [-0.15, -0.1) is 0 Å². The van der Waals surface area contributed by atoms with E-state index in [1.165, 1.54) is 12.8 Å². The third kappa shape index (κ3) is 5.83. The third-order valence-electron chi connectivity index (χ3n) is 4.41. The van der Waals surface area contributed by atoms with Crippen LogP contribution in [-0.4, -0.2) is 70.0 Å². The van der Waals surface area contributed by atoms with Crippen LogP contribution in [0.4, 0.5) is 0 Å². The fourth-order valence-electron chi connectivity index (χ4n) is 2.65. The number of rotatable bonds is 9. The molecule has 124 valence electrons. The summed E-state index contributed by atoms with van der Waals surface area (Å²) in [6.45, 7) is 6.48. The molecular formula is C14H30N4O2S. The summed E-state index contributed by atoms with van der Waals surface area (Å²) < 4.78 is 29.0. The summed E-state index contributed by atoms with van der Waals surface area (Å²) in [6.07, 6.45) is 4.65. The molecule has 0 bridgehead atoms. The fourth-order valence-corrected chi connectivity index (χ4v) is 3.96. The molecule has 1 heterocycles. The van der Waals surface area contributed by atoms with Gasteiger partial charge in [0, 0.05) is 32.2 Å². The smallest absolute Gasteiger partial charge is 0.279 e. The highest BCUT2D eigenvalue weighted by Crippen LogP contribution is 2.22. The van der Waals surface area contributed by atoms with E-state index in [1.807, 2.05) is 7.05 Å². The lowest BCUT2D eigenvalue weighted by Crippen LogP contribution is -2.48. The Kier molecular flexibility index (Phi) is 6.43. The fraction of sp³-hybridized carbons (Fsp3) is 1.00. The van der Waals surface area contributed by atoms with Crippen molar-refractivity contribution in [2.75, 3.05) is 46.3 Å². The van der Waals surface area contributed by atoms with Gasteiger partial charge in [0.15, 0.2) is 0 Å². The van der Waals surface area contributed by atoms with Crippen LogP contribution in [0.15, 0.2) is 0 Å². The zero-order valence-electron chi connectivity index (χ0n) is 13.3. The highest BCUT2D eigenvalue weighted by atomic mass is 32.2. The molecule has 2 fully saturated rings. The van der Waals surface area contributed by atoms with Crippen molar-refractivity contribution in [1.29, 1.82) is 0 Å². The molecule has 0 aromatic heterocycles. The molecule has 6 nitrogen and oxygen atoms in total. The Hall–Kier alpha value is -0.210. The van der Waals surface area contributed by atoms with Gasteiger partial charge in [0.1, 0.15) is 0 Å². The predicted molar refractivity (Wildman–Crippen MR) is 85.4 cm³/mol. The molecule has 7 heteroatoms. The lowest BCUT2D eigenvalue weighted by Gasteiger charge is -2.32. The monoisotopic (exact) mass is 318 g/mol. The van der Waals surface area contributed by atoms with Gasteiger partial charge in [-0.25, -0.2) is 4.72 Å². The minimum atomic E-state index is -3.31. The zero-order valence-corrected chi connectivity index (χ0v) is 14.2. The van der Waals surface area contributed by atoms with Crippen molar-refractivity contribution in [3.63, 3.8) is 0 Å². The van der Waals surface area contributed by atoms with Crippen LogP contribution in [0.1, 0.15) is 32.6 Å². The Balaban J connectivity index is 1.75. The minimum absolute atomic E-state index is 0.453. The number of hydrogen-bond acceptors (Lipinski definition) is 4. The first-order chi connectivity index (χ1) is 10.0. The molecule has 1 saturated carbocycles. The molecule has 2 N–H and O–H groups in total. The first kappa shape index (κ1) is 17.1. The summed E-state index contributed by atoms with van der Waals surface area (Å²) in [7, 11) is -1.32. The molecule has 1 atom stereocenters. The third-order valence-corrected chi connectivity index (χ3v) is 5.99. The van der Waals surface area contributed by atoms with E-state index < -0.39 is 10.2 Å². The molecule has 0 aromatic carbocycles. The summed E-state index contributed by atoms with van der Waals surface area (Å²) >= 11 is 0. The Labute approximate surface area is 129 Å². The molecular weight excluding hydrogens is 288 g/mol. The number of piperidine rings is 1. The summed E-state index contributed by atoms with van der Waals surface area (Å²) in [5, 5.41) is 3.52. The highest BCUT2D eigenvalue weighted by molar-refractivity contribution is 7.87. The van der Waals surface area contributed by atoms with Crippen molar-refractivity contribution in [2.24, 2.45) is 5.92 Å². The normalized spacial score (nSPS) is 24.6. The van der Waals surface area contributed by atoms with Gasteiger partial charge in [-0.2, -0.15) is 12.7 Å². The molecule has 21 heavy (non-hydrogen) atoms. The van der Waals surface area contributed by atoms with Gasteiger partial charge in [0.05, 0.1) is 0 Å². The molecule has 0 radical (unpaired) electrons. The summed E-state index contributed by atoms with van der Waals surface area (Å²) in [5.74, 6) is 0.453. The van der Waals surface area contributed by atoms with Crippen LogP contribution in [0.2, 0.25) is 0 Å². The summed E-state index contributed by atoms with van der Waals surface area (Å²) in [4.78, 5) is 2.10. The van der Waals surface area contributed by atoms with E-state index in [0.29, 0.717) is 31.6 Å². The van der Waals surface area contributed by atoms with E-state index >= 15 is 0 Å². The number of nitrogens with zero attached hydrogens (tertiary/aromatic N) is 2. The second kappa shape index (κ2) is 7.87. The maximum Gasteiger partial charge on any atom is 0.279 e. The van der Waals surface area contributed by atoms with Crippen molar-refractivity contribution in [3.05, 3.63) is 0 Å². The number of hydrogen-bond donors (Lipinski definition) is 2. The molecule has 0 spiro atoms. The minimum Gasteiger partial charge on any atom is -0.314 e. The van der Waals surface area contributed by atoms with E-state index in [9.17, 15) is 8.42 Å². The lowest BCUT2D eigenvalue weighted by molar-refractivity contribution is 0.256. The zero-order chi connectivity index (χ0) is 15.3. The quantitative estimate of drug-likeness (QED) is 0.639. The van der Waals surface area contributed by atoms with Crippen LogP contribution < -0.4 is 10.0 Å². The van der Waals surface area contributed by atoms with Crippen molar-refractivity contribution in [1.82, 2.24) is 19.2 Å². The highest BCUT2D eigenvalue weighted by Gasteiger charge is 2.29. The summed E-state index contributed by atoms with van der Waals surface area (Å²) in [5.41, 5.74) is 0. The van der Waals surface area contributed by atoms with Gasteiger partial charge < -0.3 is 10.2 Å². The second-order valence-corrected chi connectivity index (χ2v) is 8.10. The average Bonchev–Trinajstić information content (AvgIpc) is 3.29. The van der Waals surface area contributed by atoms with Gasteiger partial charge >= 0.3 is 0 Å². The van der Waals surface area contributed by atoms with Crippen LogP contribution in [0.3, 0.4) is 0 Å². The number of likely N-dealkylation sites (N-methyl/N-ethyl adjacent to an activating group) is 1. The average molecular weight is 318 g/mol. The van der Waals surface area contributed by atoms with E-state index in [0.717, 1.165) is 32.5 Å². The Bertz CT molecular complexity index is 411. The molecule has 2 rings (SSSR count). The van der Waals surface area contributed by atoms with E-state index in [1.54, 1.807) is 4.31 Å². The van der Waals surface area contributed by atoms with Crippen LogP contribution in [-0.2, 0) is 10.2 Å². The van der Waals surface area contributed by atoms with Crippen molar-refractivity contribution in [2.45, 2.75) is 38.6 Å². The maximum atomic E-state index is 12.3. The molecule has 1 unspecified atom stereocenters. The van der Waals surface area contributed by atoms with E-state index in [2.05, 4.69) is 21.9 Å². The lowest BCUT2D eigenvalue weighted by atomic mass is 10.00. The molecule has 0 aromatic rings. The van der Waals surface area contributed by atoms with Gasteiger partial charge in [-0.3, -0.25) is 0 Å². The molecule has 2 aliphatic rings. The molecule has 1 aliphatic carbocycles. The van der Waals surface area contributed by atoms with Gasteiger partial charge in [-0.05, 0) is 51.7 Å². The SMILES string of the molecule is CCN(C)CCNS(=O)(=O)N1CCCC(CNC2CC2)C1. The standard InChI is InChI=1S/C14H30N4O2S/c1-3-17(2)10-8-16-21(19,20)18-9-4-5-13(12-18)11-15-14-6-7-14/h13-16H,3-12H2,1-2H3. The largest absolute Gasteiger partial charge is 0.314 e. The first-order valence-electron chi connectivity index (χ1n) is 8.18. The predicted octanol–water partition coefficient (Wildman–Crippen LogP) is 0.237. The van der Waals surface area contributed by atoms with Crippen LogP contribution in [0.5, 0.6) is 0 Å². The Morgan fingerprint density at radius 2 is 2.05 bits per heavy atom. The number of nitrogens with one attached hydrogen (secondary N) is 2. The van der Waals surface area contributed by atoms with Gasteiger partial charge in [0.25, 0.3) is 10.2 Å².